The van der Waals surface area contributed by atoms with E-state index in [0.29, 0.717) is 6.04 Å². The molecule has 1 aliphatic carbocycles. The summed E-state index contributed by atoms with van der Waals surface area (Å²) in [5.41, 5.74) is 1.30. The molecule has 2 aliphatic heterocycles. The lowest BCUT2D eigenvalue weighted by Crippen LogP contribution is -2.47. The molecule has 2 fully saturated rings. The first-order valence-corrected chi connectivity index (χ1v) is 11.1. The molecule has 3 aliphatic rings. The number of carbonyl (C=O) groups excluding carboxylic acids is 1. The van der Waals surface area contributed by atoms with E-state index < -0.39 is 0 Å². The van der Waals surface area contributed by atoms with Crippen molar-refractivity contribution in [3.05, 3.63) is 17.8 Å². The van der Waals surface area contributed by atoms with E-state index in [1.165, 1.54) is 31.4 Å². The van der Waals surface area contributed by atoms with Crippen LogP contribution in [0, 0.1) is 5.92 Å². The maximum absolute atomic E-state index is 11.7. The number of nitrogens with zero attached hydrogens (tertiary/aromatic N) is 3. The molecule has 3 heterocycles. The minimum atomic E-state index is 0.0118. The average Bonchev–Trinajstić information content (AvgIpc) is 3.23. The predicted molar refractivity (Wildman–Crippen MR) is 112 cm³/mol. The molecule has 0 unspecified atom stereocenters. The second-order valence-corrected chi connectivity index (χ2v) is 8.56. The number of hydrogen-bond acceptors (Lipinski definition) is 6. The number of hydrogen-bond donors (Lipinski definition) is 1. The van der Waals surface area contributed by atoms with Crippen molar-refractivity contribution in [3.63, 3.8) is 0 Å². The Hall–Kier alpha value is -1.86. The van der Waals surface area contributed by atoms with Gasteiger partial charge < -0.3 is 19.7 Å². The molecule has 1 saturated carbocycles. The summed E-state index contributed by atoms with van der Waals surface area (Å²) in [4.78, 5) is 21.2. The Morgan fingerprint density at radius 3 is 2.79 bits per heavy atom. The summed E-state index contributed by atoms with van der Waals surface area (Å²) >= 11 is 0. The Bertz CT molecular complexity index is 683. The number of anilines is 1. The third kappa shape index (κ3) is 5.20. The Labute approximate surface area is 173 Å². The fourth-order valence-corrected chi connectivity index (χ4v) is 4.86. The summed E-state index contributed by atoms with van der Waals surface area (Å²) in [6, 6.07) is 2.42. The van der Waals surface area contributed by atoms with Gasteiger partial charge in [0, 0.05) is 57.5 Å². The maximum Gasteiger partial charge on any atom is 0.246 e. The number of aromatic nitrogens is 1. The number of amides is 1. The Morgan fingerprint density at radius 1 is 1.24 bits per heavy atom. The van der Waals surface area contributed by atoms with Crippen LogP contribution in [0.4, 0.5) is 5.82 Å². The van der Waals surface area contributed by atoms with Crippen molar-refractivity contribution in [2.24, 2.45) is 5.92 Å². The van der Waals surface area contributed by atoms with Gasteiger partial charge in [-0.15, -0.1) is 0 Å². The minimum Gasteiger partial charge on any atom is -0.489 e. The lowest BCUT2D eigenvalue weighted by Gasteiger charge is -2.37. The molecular formula is C22H34N4O3. The third-order valence-electron chi connectivity index (χ3n) is 6.60. The zero-order valence-electron chi connectivity index (χ0n) is 17.6. The van der Waals surface area contributed by atoms with E-state index in [4.69, 9.17) is 9.47 Å². The van der Waals surface area contributed by atoms with Crippen molar-refractivity contribution in [1.29, 1.82) is 0 Å². The normalized spacial score (nSPS) is 24.8. The Morgan fingerprint density at radius 2 is 2.03 bits per heavy atom. The Balaban J connectivity index is 1.16. The van der Waals surface area contributed by atoms with E-state index in [1.54, 1.807) is 7.11 Å². The number of carbonyl (C=O) groups is 1. The van der Waals surface area contributed by atoms with Gasteiger partial charge in [0.25, 0.3) is 0 Å². The highest BCUT2D eigenvalue weighted by Gasteiger charge is 2.26. The van der Waals surface area contributed by atoms with Crippen LogP contribution in [0.2, 0.25) is 0 Å². The number of fused-ring (bicyclic) bond motifs is 1. The van der Waals surface area contributed by atoms with Crippen LogP contribution in [0.25, 0.3) is 0 Å². The smallest absolute Gasteiger partial charge is 0.246 e. The monoisotopic (exact) mass is 402 g/mol. The quantitative estimate of drug-likeness (QED) is 0.751. The van der Waals surface area contributed by atoms with Crippen molar-refractivity contribution in [2.75, 3.05) is 57.9 Å². The van der Waals surface area contributed by atoms with Crippen LogP contribution in [0.15, 0.2) is 12.3 Å². The van der Waals surface area contributed by atoms with Gasteiger partial charge in [0.2, 0.25) is 5.91 Å². The maximum atomic E-state index is 11.7. The summed E-state index contributed by atoms with van der Waals surface area (Å²) in [6.45, 7) is 6.35. The molecule has 160 valence electrons. The highest BCUT2D eigenvalue weighted by molar-refractivity contribution is 5.77. The summed E-state index contributed by atoms with van der Waals surface area (Å²) in [5.74, 6) is 2.85. The van der Waals surface area contributed by atoms with Gasteiger partial charge in [0.15, 0.2) is 11.6 Å². The second kappa shape index (κ2) is 9.76. The molecule has 1 aromatic rings. The van der Waals surface area contributed by atoms with Gasteiger partial charge in [-0.05, 0) is 50.6 Å². The van der Waals surface area contributed by atoms with Crippen molar-refractivity contribution >= 4 is 11.7 Å². The van der Waals surface area contributed by atoms with Crippen molar-refractivity contribution < 1.29 is 14.3 Å². The molecule has 29 heavy (non-hydrogen) atoms. The molecule has 0 atom stereocenters. The molecule has 1 saturated heterocycles. The number of nitrogens with one attached hydrogen (secondary N) is 1. The zero-order chi connectivity index (χ0) is 20.1. The van der Waals surface area contributed by atoms with Crippen LogP contribution in [0.3, 0.4) is 0 Å². The fraction of sp³-hybridized carbons (Fsp3) is 0.727. The van der Waals surface area contributed by atoms with Gasteiger partial charge in [-0.3, -0.25) is 9.69 Å². The molecule has 1 amide bonds. The summed E-state index contributed by atoms with van der Waals surface area (Å²) in [7, 11) is 1.56. The highest BCUT2D eigenvalue weighted by atomic mass is 16.5. The van der Waals surface area contributed by atoms with E-state index in [0.717, 1.165) is 69.5 Å². The molecule has 0 aromatic carbocycles. The van der Waals surface area contributed by atoms with E-state index in [2.05, 4.69) is 26.2 Å². The van der Waals surface area contributed by atoms with Crippen molar-refractivity contribution in [2.45, 2.75) is 44.6 Å². The van der Waals surface area contributed by atoms with Crippen molar-refractivity contribution in [3.8, 4) is 5.75 Å². The first-order valence-electron chi connectivity index (χ1n) is 11.1. The average molecular weight is 403 g/mol. The first kappa shape index (κ1) is 20.4. The van der Waals surface area contributed by atoms with Gasteiger partial charge >= 0.3 is 0 Å². The second-order valence-electron chi connectivity index (χ2n) is 8.56. The van der Waals surface area contributed by atoms with Gasteiger partial charge in [0.1, 0.15) is 6.61 Å². The number of piperazine rings is 1. The van der Waals surface area contributed by atoms with Crippen LogP contribution in [0.5, 0.6) is 5.75 Å². The van der Waals surface area contributed by atoms with Crippen LogP contribution in [0.1, 0.15) is 37.7 Å². The topological polar surface area (TPSA) is 66.9 Å². The van der Waals surface area contributed by atoms with Crippen molar-refractivity contribution in [1.82, 2.24) is 15.2 Å². The number of pyridine rings is 1. The molecule has 7 heteroatoms. The lowest BCUT2D eigenvalue weighted by atomic mass is 9.84. The van der Waals surface area contributed by atoms with Gasteiger partial charge in [-0.1, -0.05) is 0 Å². The highest BCUT2D eigenvalue weighted by Crippen LogP contribution is 2.34. The van der Waals surface area contributed by atoms with E-state index in [1.807, 2.05) is 6.20 Å². The SMILES string of the molecule is COCC(=O)NC1CCC(CCN2CCN(c3nccc4c3OCC4)CC2)CC1. The molecule has 0 spiro atoms. The Kier molecular flexibility index (Phi) is 6.87. The predicted octanol–water partition coefficient (Wildman–Crippen LogP) is 1.85. The van der Waals surface area contributed by atoms with E-state index in [9.17, 15) is 4.79 Å². The van der Waals surface area contributed by atoms with Crippen LogP contribution in [-0.4, -0.2) is 74.9 Å². The van der Waals surface area contributed by atoms with Gasteiger partial charge in [-0.2, -0.15) is 0 Å². The number of ether oxygens (including phenoxy) is 2. The first-order chi connectivity index (χ1) is 14.2. The molecule has 1 N–H and O–H groups in total. The molecule has 0 radical (unpaired) electrons. The summed E-state index contributed by atoms with van der Waals surface area (Å²) < 4.78 is 10.7. The molecule has 7 nitrogen and oxygen atoms in total. The molecule has 0 bridgehead atoms. The van der Waals surface area contributed by atoms with Gasteiger partial charge in [-0.25, -0.2) is 4.98 Å². The molecular weight excluding hydrogens is 368 g/mol. The van der Waals surface area contributed by atoms with Crippen LogP contribution >= 0.6 is 0 Å². The molecule has 4 rings (SSSR count). The number of rotatable bonds is 7. The minimum absolute atomic E-state index is 0.0118. The van der Waals surface area contributed by atoms with E-state index >= 15 is 0 Å². The van der Waals surface area contributed by atoms with Gasteiger partial charge in [0.05, 0.1) is 6.61 Å². The largest absolute Gasteiger partial charge is 0.489 e. The standard InChI is InChI=1S/C22H34N4O3/c1-28-16-20(27)24-19-4-2-17(3-5-19)7-10-25-11-13-26(14-12-25)22-21-18(6-9-23-22)8-15-29-21/h6,9,17,19H,2-5,7-8,10-16H2,1H3,(H,24,27). The lowest BCUT2D eigenvalue weighted by molar-refractivity contribution is -0.125. The summed E-state index contributed by atoms with van der Waals surface area (Å²) in [5, 5.41) is 3.09. The third-order valence-corrected chi connectivity index (χ3v) is 6.60. The number of methoxy groups -OCH3 is 1. The summed E-state index contributed by atoms with van der Waals surface area (Å²) in [6.07, 6.45) is 8.81. The van der Waals surface area contributed by atoms with Crippen LogP contribution in [-0.2, 0) is 16.0 Å². The van der Waals surface area contributed by atoms with E-state index in [-0.39, 0.29) is 12.5 Å². The molecule has 1 aromatic heterocycles. The fourth-order valence-electron chi connectivity index (χ4n) is 4.86. The zero-order valence-corrected chi connectivity index (χ0v) is 17.6. The van der Waals surface area contributed by atoms with Crippen LogP contribution < -0.4 is 15.0 Å².